The molecule has 0 aromatic heterocycles. The second kappa shape index (κ2) is 6.05. The number of hydrogen-bond donors (Lipinski definition) is 2. The van der Waals surface area contributed by atoms with Crippen LogP contribution in [0.15, 0.2) is 41.3 Å². The van der Waals surface area contributed by atoms with Gasteiger partial charge in [0, 0.05) is 12.2 Å². The minimum atomic E-state index is -3.63. The summed E-state index contributed by atoms with van der Waals surface area (Å²) < 4.78 is 38.0. The zero-order chi connectivity index (χ0) is 17.4. The highest BCUT2D eigenvalue weighted by Gasteiger charge is 2.21. The Bertz CT molecular complexity index is 956. The topological polar surface area (TPSA) is 93.7 Å². The zero-order valence-electron chi connectivity index (χ0n) is 13.2. The van der Waals surface area contributed by atoms with Crippen LogP contribution in [0.4, 0.5) is 5.69 Å². The van der Waals surface area contributed by atoms with E-state index in [1.165, 1.54) is 12.1 Å². The number of carbonyl (C=O) groups excluding carboxylic acids is 1. The van der Waals surface area contributed by atoms with Crippen molar-refractivity contribution in [1.29, 1.82) is 0 Å². The molecule has 2 aliphatic rings. The van der Waals surface area contributed by atoms with Gasteiger partial charge in [-0.1, -0.05) is 6.07 Å². The standard InChI is InChI=1S/C17H16N2O5S/c20-17-9-12-8-13(2-3-14(12)19-17)25(21,22)18-6-5-11-1-4-15-16(7-11)24-10-23-15/h1-4,7-8,18H,5-6,9-10H2,(H,19,20). The highest BCUT2D eigenvalue weighted by Crippen LogP contribution is 2.32. The van der Waals surface area contributed by atoms with Gasteiger partial charge in [-0.3, -0.25) is 4.79 Å². The molecule has 0 saturated carbocycles. The number of hydrogen-bond acceptors (Lipinski definition) is 5. The quantitative estimate of drug-likeness (QED) is 0.841. The molecule has 8 heteroatoms. The van der Waals surface area contributed by atoms with Gasteiger partial charge in [-0.05, 0) is 47.9 Å². The molecule has 4 rings (SSSR count). The molecule has 2 aromatic carbocycles. The van der Waals surface area contributed by atoms with Gasteiger partial charge in [0.25, 0.3) is 0 Å². The number of nitrogens with one attached hydrogen (secondary N) is 2. The van der Waals surface area contributed by atoms with Crippen molar-refractivity contribution in [1.82, 2.24) is 4.72 Å². The normalized spacial score (nSPS) is 15.1. The molecule has 25 heavy (non-hydrogen) atoms. The van der Waals surface area contributed by atoms with Crippen LogP contribution in [0.1, 0.15) is 11.1 Å². The smallest absolute Gasteiger partial charge is 0.240 e. The largest absolute Gasteiger partial charge is 0.454 e. The third-order valence-corrected chi connectivity index (χ3v) is 5.61. The van der Waals surface area contributed by atoms with Gasteiger partial charge in [0.1, 0.15) is 0 Å². The summed E-state index contributed by atoms with van der Waals surface area (Å²) >= 11 is 0. The van der Waals surface area contributed by atoms with E-state index < -0.39 is 10.0 Å². The first-order valence-corrected chi connectivity index (χ1v) is 9.30. The summed E-state index contributed by atoms with van der Waals surface area (Å²) in [5.74, 6) is 1.25. The molecule has 0 spiro atoms. The first kappa shape index (κ1) is 15.9. The van der Waals surface area contributed by atoms with E-state index >= 15 is 0 Å². The molecular weight excluding hydrogens is 344 g/mol. The van der Waals surface area contributed by atoms with Gasteiger partial charge < -0.3 is 14.8 Å². The Balaban J connectivity index is 1.42. The van der Waals surface area contributed by atoms with Crippen molar-refractivity contribution in [3.63, 3.8) is 0 Å². The Kier molecular flexibility index (Phi) is 3.85. The van der Waals surface area contributed by atoms with Crippen molar-refractivity contribution in [2.24, 2.45) is 0 Å². The number of rotatable bonds is 5. The number of ether oxygens (including phenoxy) is 2. The van der Waals surface area contributed by atoms with E-state index in [4.69, 9.17) is 9.47 Å². The Hall–Kier alpha value is -2.58. The third-order valence-electron chi connectivity index (χ3n) is 4.15. The molecule has 2 N–H and O–H groups in total. The Morgan fingerprint density at radius 3 is 2.80 bits per heavy atom. The maximum Gasteiger partial charge on any atom is 0.240 e. The molecule has 0 bridgehead atoms. The maximum atomic E-state index is 12.4. The second-order valence-electron chi connectivity index (χ2n) is 5.88. The molecule has 1 amide bonds. The Morgan fingerprint density at radius 1 is 1.08 bits per heavy atom. The highest BCUT2D eigenvalue weighted by atomic mass is 32.2. The fourth-order valence-corrected chi connectivity index (χ4v) is 3.96. The van der Waals surface area contributed by atoms with Crippen LogP contribution in [0, 0.1) is 0 Å². The fraction of sp³-hybridized carbons (Fsp3) is 0.235. The van der Waals surface area contributed by atoms with Crippen molar-refractivity contribution >= 4 is 21.6 Å². The number of benzene rings is 2. The lowest BCUT2D eigenvalue weighted by Gasteiger charge is -2.08. The van der Waals surface area contributed by atoms with E-state index in [0.717, 1.165) is 5.56 Å². The molecule has 2 heterocycles. The minimum absolute atomic E-state index is 0.125. The predicted molar refractivity (Wildman–Crippen MR) is 90.2 cm³/mol. The van der Waals surface area contributed by atoms with Crippen LogP contribution in [-0.2, 0) is 27.7 Å². The molecule has 2 aromatic rings. The van der Waals surface area contributed by atoms with Gasteiger partial charge >= 0.3 is 0 Å². The summed E-state index contributed by atoms with van der Waals surface area (Å²) in [7, 11) is -3.63. The molecule has 0 fully saturated rings. The van der Waals surface area contributed by atoms with Crippen LogP contribution < -0.4 is 19.5 Å². The van der Waals surface area contributed by atoms with E-state index in [1.54, 1.807) is 6.07 Å². The lowest BCUT2D eigenvalue weighted by Crippen LogP contribution is -2.26. The summed E-state index contributed by atoms with van der Waals surface area (Å²) in [6.07, 6.45) is 0.733. The average Bonchev–Trinajstić information content (AvgIpc) is 3.18. The first-order valence-electron chi connectivity index (χ1n) is 7.82. The maximum absolute atomic E-state index is 12.4. The number of amides is 1. The number of sulfonamides is 1. The Morgan fingerprint density at radius 2 is 1.92 bits per heavy atom. The summed E-state index contributed by atoms with van der Waals surface area (Å²) in [5, 5.41) is 2.68. The fourth-order valence-electron chi connectivity index (χ4n) is 2.88. The van der Waals surface area contributed by atoms with Crippen molar-refractivity contribution < 1.29 is 22.7 Å². The zero-order valence-corrected chi connectivity index (χ0v) is 14.1. The van der Waals surface area contributed by atoms with Crippen LogP contribution in [-0.4, -0.2) is 27.7 Å². The minimum Gasteiger partial charge on any atom is -0.454 e. The summed E-state index contributed by atoms with van der Waals surface area (Å²) in [6, 6.07) is 10.2. The summed E-state index contributed by atoms with van der Waals surface area (Å²) in [6.45, 7) is 0.470. The molecule has 0 aliphatic carbocycles. The van der Waals surface area contributed by atoms with E-state index in [2.05, 4.69) is 10.0 Å². The van der Waals surface area contributed by atoms with E-state index in [9.17, 15) is 13.2 Å². The van der Waals surface area contributed by atoms with Crippen molar-refractivity contribution in [2.75, 3.05) is 18.7 Å². The molecule has 130 valence electrons. The van der Waals surface area contributed by atoms with E-state index in [0.29, 0.717) is 29.2 Å². The van der Waals surface area contributed by atoms with Gasteiger partial charge in [-0.2, -0.15) is 0 Å². The predicted octanol–water partition coefficient (Wildman–Crippen LogP) is 1.43. The summed E-state index contributed by atoms with van der Waals surface area (Å²) in [4.78, 5) is 11.5. The van der Waals surface area contributed by atoms with Gasteiger partial charge in [0.15, 0.2) is 11.5 Å². The number of fused-ring (bicyclic) bond motifs is 2. The van der Waals surface area contributed by atoms with Gasteiger partial charge in [-0.15, -0.1) is 0 Å². The third kappa shape index (κ3) is 3.18. The Labute approximate surface area is 145 Å². The van der Waals surface area contributed by atoms with E-state index in [-0.39, 0.29) is 30.6 Å². The van der Waals surface area contributed by atoms with Crippen molar-refractivity contribution in [3.05, 3.63) is 47.5 Å². The van der Waals surface area contributed by atoms with Crippen LogP contribution in [0.5, 0.6) is 11.5 Å². The van der Waals surface area contributed by atoms with Gasteiger partial charge in [0.05, 0.1) is 11.3 Å². The number of carbonyl (C=O) groups is 1. The molecular formula is C17H16N2O5S. The van der Waals surface area contributed by atoms with E-state index in [1.807, 2.05) is 18.2 Å². The van der Waals surface area contributed by atoms with Crippen molar-refractivity contribution in [3.8, 4) is 11.5 Å². The second-order valence-corrected chi connectivity index (χ2v) is 7.65. The lowest BCUT2D eigenvalue weighted by atomic mass is 10.1. The van der Waals surface area contributed by atoms with Gasteiger partial charge in [0.2, 0.25) is 22.7 Å². The molecule has 0 atom stereocenters. The average molecular weight is 360 g/mol. The molecule has 2 aliphatic heterocycles. The first-order chi connectivity index (χ1) is 12.0. The van der Waals surface area contributed by atoms with Gasteiger partial charge in [-0.25, -0.2) is 13.1 Å². The molecule has 0 unspecified atom stereocenters. The number of anilines is 1. The monoisotopic (exact) mass is 360 g/mol. The van der Waals surface area contributed by atoms with Crippen LogP contribution in [0.3, 0.4) is 0 Å². The molecule has 7 nitrogen and oxygen atoms in total. The lowest BCUT2D eigenvalue weighted by molar-refractivity contribution is -0.115. The highest BCUT2D eigenvalue weighted by molar-refractivity contribution is 7.89. The van der Waals surface area contributed by atoms with Crippen LogP contribution in [0.25, 0.3) is 0 Å². The van der Waals surface area contributed by atoms with Crippen molar-refractivity contribution in [2.45, 2.75) is 17.7 Å². The molecule has 0 saturated heterocycles. The SMILES string of the molecule is O=C1Cc2cc(S(=O)(=O)NCCc3ccc4c(c3)OCO4)ccc2N1. The molecule has 0 radical (unpaired) electrons. The van der Waals surface area contributed by atoms with Crippen LogP contribution in [0.2, 0.25) is 0 Å². The summed E-state index contributed by atoms with van der Waals surface area (Å²) in [5.41, 5.74) is 2.32. The van der Waals surface area contributed by atoms with Crippen LogP contribution >= 0.6 is 0 Å².